The Labute approximate surface area is 101 Å². The third-order valence-corrected chi connectivity index (χ3v) is 3.19. The van der Waals surface area contributed by atoms with Crippen molar-refractivity contribution in [2.75, 3.05) is 0 Å². The molecule has 1 heterocycles. The van der Waals surface area contributed by atoms with Crippen LogP contribution in [0.5, 0.6) is 0 Å². The molecule has 8 heteroatoms. The zero-order chi connectivity index (χ0) is 11.8. The third-order valence-electron chi connectivity index (χ3n) is 1.79. The summed E-state index contributed by atoms with van der Waals surface area (Å²) >= 11 is 5.79. The highest BCUT2D eigenvalue weighted by Gasteiger charge is 2.15. The van der Waals surface area contributed by atoms with Gasteiger partial charge >= 0.3 is 0 Å². The van der Waals surface area contributed by atoms with E-state index in [0.29, 0.717) is 10.7 Å². The molecule has 0 radical (unpaired) electrons. The number of halogens is 2. The normalized spacial score (nSPS) is 11.6. The van der Waals surface area contributed by atoms with Crippen molar-refractivity contribution in [2.45, 2.75) is 5.03 Å². The van der Waals surface area contributed by atoms with Gasteiger partial charge in [-0.25, -0.2) is 13.1 Å². The van der Waals surface area contributed by atoms with E-state index in [-0.39, 0.29) is 5.03 Å². The first kappa shape index (κ1) is 11.4. The summed E-state index contributed by atoms with van der Waals surface area (Å²) in [6.07, 6.45) is 1.22. The van der Waals surface area contributed by atoms with Gasteiger partial charge in [0.25, 0.3) is 9.05 Å². The van der Waals surface area contributed by atoms with Gasteiger partial charge in [-0.2, -0.15) is 0 Å². The zero-order valence-corrected chi connectivity index (χ0v) is 10.0. The lowest BCUT2D eigenvalue weighted by Gasteiger charge is -1.98. The lowest BCUT2D eigenvalue weighted by atomic mass is 10.3. The molecule has 16 heavy (non-hydrogen) atoms. The largest absolute Gasteiger partial charge is 0.282 e. The maximum absolute atomic E-state index is 11.0. The molecule has 0 bridgehead atoms. The second-order valence-electron chi connectivity index (χ2n) is 2.92. The molecular formula is C8H5Cl2N3O2S. The lowest BCUT2D eigenvalue weighted by molar-refractivity contribution is 0.605. The molecule has 2 rings (SSSR count). The fraction of sp³-hybridized carbons (Fsp3) is 0. The van der Waals surface area contributed by atoms with Crippen LogP contribution in [0.1, 0.15) is 0 Å². The topological polar surface area (TPSA) is 64.8 Å². The summed E-state index contributed by atoms with van der Waals surface area (Å²) in [5.74, 6) is 0. The first-order chi connectivity index (χ1) is 7.47. The van der Waals surface area contributed by atoms with Gasteiger partial charge in [0, 0.05) is 15.7 Å². The highest BCUT2D eigenvalue weighted by atomic mass is 35.7. The minimum Gasteiger partial charge on any atom is -0.219 e. The molecule has 1 aromatic heterocycles. The van der Waals surface area contributed by atoms with Gasteiger partial charge in [-0.15, -0.1) is 5.10 Å². The second kappa shape index (κ2) is 4.04. The van der Waals surface area contributed by atoms with Crippen molar-refractivity contribution in [3.8, 4) is 5.69 Å². The van der Waals surface area contributed by atoms with Crippen LogP contribution >= 0.6 is 22.3 Å². The molecular weight excluding hydrogens is 273 g/mol. The fourth-order valence-corrected chi connectivity index (χ4v) is 1.86. The zero-order valence-electron chi connectivity index (χ0n) is 7.71. The van der Waals surface area contributed by atoms with Crippen LogP contribution in [0.25, 0.3) is 5.69 Å². The van der Waals surface area contributed by atoms with Crippen LogP contribution in [-0.2, 0) is 9.05 Å². The average Bonchev–Trinajstić information content (AvgIpc) is 2.65. The summed E-state index contributed by atoms with van der Waals surface area (Å²) in [5, 5.41) is 7.30. The Morgan fingerprint density at radius 1 is 1.31 bits per heavy atom. The molecule has 0 aliphatic heterocycles. The Hall–Kier alpha value is -1.11. The summed E-state index contributed by atoms with van der Waals surface area (Å²) in [7, 11) is 1.27. The summed E-state index contributed by atoms with van der Waals surface area (Å²) in [6, 6.07) is 6.75. The van der Waals surface area contributed by atoms with E-state index in [0.717, 1.165) is 0 Å². The van der Waals surface area contributed by atoms with Crippen molar-refractivity contribution >= 4 is 31.3 Å². The van der Waals surface area contributed by atoms with E-state index in [2.05, 4.69) is 10.3 Å². The number of aromatic nitrogens is 3. The van der Waals surface area contributed by atoms with E-state index < -0.39 is 9.05 Å². The number of hydrogen-bond acceptors (Lipinski definition) is 4. The summed E-state index contributed by atoms with van der Waals surface area (Å²) in [5.41, 5.74) is 0.603. The van der Waals surface area contributed by atoms with Crippen molar-refractivity contribution in [2.24, 2.45) is 0 Å². The third kappa shape index (κ3) is 2.34. The van der Waals surface area contributed by atoms with Gasteiger partial charge in [-0.05, 0) is 18.2 Å². The Morgan fingerprint density at radius 3 is 2.62 bits per heavy atom. The Bertz CT molecular complexity index is 624. The molecule has 2 aromatic rings. The van der Waals surface area contributed by atoms with Crippen LogP contribution in [0, 0.1) is 0 Å². The minimum absolute atomic E-state index is 0.297. The second-order valence-corrected chi connectivity index (χ2v) is 5.87. The first-order valence-electron chi connectivity index (χ1n) is 4.10. The molecule has 0 unspecified atom stereocenters. The van der Waals surface area contributed by atoms with Crippen molar-refractivity contribution in [1.29, 1.82) is 0 Å². The average molecular weight is 278 g/mol. The van der Waals surface area contributed by atoms with Gasteiger partial charge in [0.2, 0.25) is 5.03 Å². The molecule has 0 amide bonds. The fourth-order valence-electron chi connectivity index (χ4n) is 1.11. The highest BCUT2D eigenvalue weighted by molar-refractivity contribution is 8.13. The monoisotopic (exact) mass is 277 g/mol. The van der Waals surface area contributed by atoms with Crippen LogP contribution in [-0.4, -0.2) is 23.4 Å². The van der Waals surface area contributed by atoms with Gasteiger partial charge in [0.15, 0.2) is 0 Å². The molecule has 0 spiro atoms. The van der Waals surface area contributed by atoms with Crippen LogP contribution in [0.3, 0.4) is 0 Å². The standard InChI is InChI=1S/C8H5Cl2N3O2S/c9-6-2-1-3-7(4-6)13-5-8(11-12-13)16(10,14)15/h1-5H. The predicted molar refractivity (Wildman–Crippen MR) is 59.4 cm³/mol. The molecule has 0 fully saturated rings. The van der Waals surface area contributed by atoms with Crippen LogP contribution < -0.4 is 0 Å². The molecule has 0 saturated carbocycles. The van der Waals surface area contributed by atoms with E-state index in [1.165, 1.54) is 10.9 Å². The lowest BCUT2D eigenvalue weighted by Crippen LogP contribution is -1.94. The molecule has 0 aliphatic rings. The maximum atomic E-state index is 11.0. The predicted octanol–water partition coefficient (Wildman–Crippen LogP) is 1.85. The maximum Gasteiger partial charge on any atom is 0.282 e. The van der Waals surface area contributed by atoms with E-state index >= 15 is 0 Å². The molecule has 0 atom stereocenters. The number of rotatable bonds is 2. The smallest absolute Gasteiger partial charge is 0.219 e. The van der Waals surface area contributed by atoms with Crippen molar-refractivity contribution in [3.63, 3.8) is 0 Å². The van der Waals surface area contributed by atoms with E-state index in [9.17, 15) is 8.42 Å². The Morgan fingerprint density at radius 2 is 2.06 bits per heavy atom. The number of nitrogens with zero attached hydrogens (tertiary/aromatic N) is 3. The molecule has 0 N–H and O–H groups in total. The van der Waals surface area contributed by atoms with Gasteiger partial charge in [-0.1, -0.05) is 22.9 Å². The quantitative estimate of drug-likeness (QED) is 0.786. The van der Waals surface area contributed by atoms with Gasteiger partial charge < -0.3 is 0 Å². The Balaban J connectivity index is 2.47. The molecule has 5 nitrogen and oxygen atoms in total. The molecule has 1 aromatic carbocycles. The van der Waals surface area contributed by atoms with Crippen molar-refractivity contribution < 1.29 is 8.42 Å². The Kier molecular flexibility index (Phi) is 2.88. The van der Waals surface area contributed by atoms with E-state index in [4.69, 9.17) is 22.3 Å². The van der Waals surface area contributed by atoms with E-state index in [1.807, 2.05) is 0 Å². The van der Waals surface area contributed by atoms with Crippen LogP contribution in [0.15, 0.2) is 35.5 Å². The molecule has 0 aliphatic carbocycles. The highest BCUT2D eigenvalue weighted by Crippen LogP contribution is 2.16. The summed E-state index contributed by atoms with van der Waals surface area (Å²) in [4.78, 5) is 0. The summed E-state index contributed by atoms with van der Waals surface area (Å²) < 4.78 is 23.2. The SMILES string of the molecule is O=S(=O)(Cl)c1cn(-c2cccc(Cl)c2)nn1. The molecule has 0 saturated heterocycles. The van der Waals surface area contributed by atoms with Crippen molar-refractivity contribution in [3.05, 3.63) is 35.5 Å². The number of benzene rings is 1. The van der Waals surface area contributed by atoms with Crippen molar-refractivity contribution in [1.82, 2.24) is 15.0 Å². The first-order valence-corrected chi connectivity index (χ1v) is 6.78. The van der Waals surface area contributed by atoms with Crippen LogP contribution in [0.2, 0.25) is 5.02 Å². The van der Waals surface area contributed by atoms with Gasteiger partial charge in [-0.3, -0.25) is 0 Å². The van der Waals surface area contributed by atoms with E-state index in [1.54, 1.807) is 24.3 Å². The summed E-state index contributed by atoms with van der Waals surface area (Å²) in [6.45, 7) is 0. The van der Waals surface area contributed by atoms with Crippen LogP contribution in [0.4, 0.5) is 0 Å². The molecule has 84 valence electrons. The number of hydrogen-bond donors (Lipinski definition) is 0. The van der Waals surface area contributed by atoms with Gasteiger partial charge in [0.05, 0.1) is 11.9 Å². The minimum atomic E-state index is -3.86. The van der Waals surface area contributed by atoms with Gasteiger partial charge in [0.1, 0.15) is 0 Å².